The summed E-state index contributed by atoms with van der Waals surface area (Å²) >= 11 is 0. The number of methoxy groups -OCH3 is 1. The monoisotopic (exact) mass is 313 g/mol. The Kier molecular flexibility index (Phi) is 4.80. The molecule has 0 radical (unpaired) electrons. The van der Waals surface area contributed by atoms with Crippen molar-refractivity contribution in [2.45, 2.75) is 19.1 Å². The summed E-state index contributed by atoms with van der Waals surface area (Å²) in [6.07, 6.45) is 1.53. The molecule has 0 bridgehead atoms. The molecule has 0 aliphatic carbocycles. The molecule has 0 saturated carbocycles. The van der Waals surface area contributed by atoms with E-state index < -0.39 is 6.10 Å². The van der Waals surface area contributed by atoms with Crippen LogP contribution in [0, 0.1) is 0 Å². The first-order valence-electron chi connectivity index (χ1n) is 7.40. The van der Waals surface area contributed by atoms with Crippen LogP contribution in [0.15, 0.2) is 42.7 Å². The van der Waals surface area contributed by atoms with E-state index >= 15 is 0 Å². The number of nitrogens with zero attached hydrogens (tertiary/aromatic N) is 4. The number of rotatable bonds is 7. The topological polar surface area (TPSA) is 84.6 Å². The summed E-state index contributed by atoms with van der Waals surface area (Å²) in [6.45, 7) is 0.797. The number of nitrogens with one attached hydrogen (secondary N) is 1. The third-order valence-corrected chi connectivity index (χ3v) is 3.43. The van der Waals surface area contributed by atoms with Gasteiger partial charge in [-0.3, -0.25) is 0 Å². The lowest BCUT2D eigenvalue weighted by Gasteiger charge is -2.14. The predicted molar refractivity (Wildman–Crippen MR) is 86.1 cm³/mol. The van der Waals surface area contributed by atoms with Gasteiger partial charge in [0.2, 0.25) is 0 Å². The van der Waals surface area contributed by atoms with E-state index in [1.165, 1.54) is 6.33 Å². The second-order valence-corrected chi connectivity index (χ2v) is 5.26. The predicted octanol–water partition coefficient (Wildman–Crippen LogP) is 1.29. The Labute approximate surface area is 134 Å². The summed E-state index contributed by atoms with van der Waals surface area (Å²) in [5, 5.41) is 17.6. The minimum Gasteiger partial charge on any atom is -0.391 e. The fourth-order valence-electron chi connectivity index (χ4n) is 2.39. The summed E-state index contributed by atoms with van der Waals surface area (Å²) in [4.78, 5) is 8.44. The van der Waals surface area contributed by atoms with Gasteiger partial charge in [-0.2, -0.15) is 14.6 Å². The average Bonchev–Trinajstić information content (AvgIpc) is 3.02. The first-order chi connectivity index (χ1) is 11.3. The van der Waals surface area contributed by atoms with Crippen LogP contribution in [0.25, 0.3) is 5.78 Å². The van der Waals surface area contributed by atoms with Gasteiger partial charge in [-0.05, 0) is 5.56 Å². The molecular weight excluding hydrogens is 294 g/mol. The summed E-state index contributed by atoms with van der Waals surface area (Å²) < 4.78 is 6.72. The highest BCUT2D eigenvalue weighted by Gasteiger charge is 2.10. The van der Waals surface area contributed by atoms with Crippen LogP contribution in [0.3, 0.4) is 0 Å². The molecule has 0 amide bonds. The maximum Gasteiger partial charge on any atom is 0.254 e. The van der Waals surface area contributed by atoms with E-state index in [0.717, 1.165) is 17.1 Å². The number of ether oxygens (including phenoxy) is 1. The van der Waals surface area contributed by atoms with Crippen molar-refractivity contribution in [3.8, 4) is 0 Å². The van der Waals surface area contributed by atoms with Gasteiger partial charge in [-0.1, -0.05) is 30.3 Å². The van der Waals surface area contributed by atoms with E-state index in [1.54, 1.807) is 11.6 Å². The van der Waals surface area contributed by atoms with Crippen LogP contribution in [-0.2, 0) is 17.8 Å². The molecule has 3 rings (SSSR count). The first-order valence-corrected chi connectivity index (χ1v) is 7.40. The molecule has 23 heavy (non-hydrogen) atoms. The normalized spacial score (nSPS) is 12.4. The molecule has 1 unspecified atom stereocenters. The Balaban J connectivity index is 1.69. The van der Waals surface area contributed by atoms with Crippen molar-refractivity contribution in [1.29, 1.82) is 0 Å². The number of hydrogen-bond acceptors (Lipinski definition) is 6. The largest absolute Gasteiger partial charge is 0.391 e. The molecule has 2 aromatic heterocycles. The van der Waals surface area contributed by atoms with Crippen LogP contribution in [0.4, 0.5) is 5.82 Å². The maximum atomic E-state index is 10.2. The van der Waals surface area contributed by atoms with Gasteiger partial charge < -0.3 is 15.2 Å². The lowest BCUT2D eigenvalue weighted by Crippen LogP contribution is -2.23. The van der Waals surface area contributed by atoms with Crippen molar-refractivity contribution >= 4 is 11.6 Å². The molecule has 0 aliphatic heterocycles. The number of aromatic nitrogens is 4. The third kappa shape index (κ3) is 3.82. The van der Waals surface area contributed by atoms with E-state index in [1.807, 2.05) is 36.4 Å². The number of fused-ring (bicyclic) bond motifs is 1. The highest BCUT2D eigenvalue weighted by Crippen LogP contribution is 2.12. The van der Waals surface area contributed by atoms with Gasteiger partial charge in [0.05, 0.1) is 18.4 Å². The molecule has 7 heteroatoms. The van der Waals surface area contributed by atoms with Gasteiger partial charge in [-0.15, -0.1) is 0 Å². The molecule has 3 aromatic rings. The van der Waals surface area contributed by atoms with E-state index in [9.17, 15) is 5.11 Å². The number of aliphatic hydroxyl groups is 1. The van der Waals surface area contributed by atoms with Gasteiger partial charge in [0.25, 0.3) is 5.78 Å². The number of benzene rings is 1. The van der Waals surface area contributed by atoms with Gasteiger partial charge >= 0.3 is 0 Å². The van der Waals surface area contributed by atoms with Crippen molar-refractivity contribution in [3.63, 3.8) is 0 Å². The third-order valence-electron chi connectivity index (χ3n) is 3.43. The molecule has 0 fully saturated rings. The summed E-state index contributed by atoms with van der Waals surface area (Å²) in [5.41, 5.74) is 1.86. The minimum atomic E-state index is -0.505. The minimum absolute atomic E-state index is 0.393. The second kappa shape index (κ2) is 7.17. The van der Waals surface area contributed by atoms with Crippen molar-refractivity contribution in [2.75, 3.05) is 19.0 Å². The summed E-state index contributed by atoms with van der Waals surface area (Å²) in [6, 6.07) is 11.7. The van der Waals surface area contributed by atoms with Gasteiger partial charge in [0, 0.05) is 26.1 Å². The second-order valence-electron chi connectivity index (χ2n) is 5.26. The first kappa shape index (κ1) is 15.4. The highest BCUT2D eigenvalue weighted by molar-refractivity contribution is 5.45. The molecule has 0 saturated heterocycles. The zero-order valence-electron chi connectivity index (χ0n) is 12.9. The smallest absolute Gasteiger partial charge is 0.254 e. The van der Waals surface area contributed by atoms with Crippen molar-refractivity contribution < 1.29 is 9.84 Å². The Bertz CT molecular complexity index is 760. The molecule has 2 N–H and O–H groups in total. The van der Waals surface area contributed by atoms with Crippen molar-refractivity contribution in [1.82, 2.24) is 19.6 Å². The molecule has 2 heterocycles. The van der Waals surface area contributed by atoms with Crippen LogP contribution in [0.5, 0.6) is 0 Å². The van der Waals surface area contributed by atoms with Crippen LogP contribution in [0.2, 0.25) is 0 Å². The Hall–Kier alpha value is -2.51. The van der Waals surface area contributed by atoms with Crippen LogP contribution < -0.4 is 5.32 Å². The fourth-order valence-corrected chi connectivity index (χ4v) is 2.39. The number of hydrogen-bond donors (Lipinski definition) is 2. The van der Waals surface area contributed by atoms with Gasteiger partial charge in [0.15, 0.2) is 0 Å². The quantitative estimate of drug-likeness (QED) is 0.684. The van der Waals surface area contributed by atoms with Crippen molar-refractivity contribution in [2.24, 2.45) is 0 Å². The molecule has 1 aromatic carbocycles. The van der Waals surface area contributed by atoms with Crippen LogP contribution in [-0.4, -0.2) is 44.4 Å². The van der Waals surface area contributed by atoms with Crippen LogP contribution in [0.1, 0.15) is 11.3 Å². The zero-order chi connectivity index (χ0) is 16.1. The van der Waals surface area contributed by atoms with E-state index in [2.05, 4.69) is 20.4 Å². The molecule has 0 spiro atoms. The van der Waals surface area contributed by atoms with Crippen LogP contribution >= 0.6 is 0 Å². The molecule has 7 nitrogen and oxygen atoms in total. The van der Waals surface area contributed by atoms with Gasteiger partial charge in [0.1, 0.15) is 12.1 Å². The summed E-state index contributed by atoms with van der Waals surface area (Å²) in [7, 11) is 1.62. The Morgan fingerprint density at radius 3 is 2.91 bits per heavy atom. The lowest BCUT2D eigenvalue weighted by molar-refractivity contribution is 0.181. The van der Waals surface area contributed by atoms with Crippen molar-refractivity contribution in [3.05, 3.63) is 54.0 Å². The molecule has 1 atom stereocenters. The number of aliphatic hydroxyl groups excluding tert-OH is 1. The Morgan fingerprint density at radius 1 is 1.30 bits per heavy atom. The van der Waals surface area contributed by atoms with E-state index in [4.69, 9.17) is 4.74 Å². The molecule has 120 valence electrons. The Morgan fingerprint density at radius 2 is 2.13 bits per heavy atom. The molecule has 0 aliphatic rings. The molecular formula is C16H19N5O2. The summed E-state index contributed by atoms with van der Waals surface area (Å²) in [5.74, 6) is 1.23. The van der Waals surface area contributed by atoms with E-state index in [0.29, 0.717) is 25.4 Å². The van der Waals surface area contributed by atoms with Gasteiger partial charge in [-0.25, -0.2) is 4.98 Å². The fraction of sp³-hybridized carbons (Fsp3) is 0.312. The zero-order valence-corrected chi connectivity index (χ0v) is 12.9. The van der Waals surface area contributed by atoms with E-state index in [-0.39, 0.29) is 0 Å². The standard InChI is InChI=1S/C16H19N5O2/c1-23-10-13-8-15(21-16(20-13)18-11-19-21)17-9-14(22)7-12-5-3-2-4-6-12/h2-6,8,11,14,17,22H,7,9-10H2,1H3. The highest BCUT2D eigenvalue weighted by atomic mass is 16.5. The maximum absolute atomic E-state index is 10.2. The SMILES string of the molecule is COCc1cc(NCC(O)Cc2ccccc2)n2ncnc2n1. The lowest BCUT2D eigenvalue weighted by atomic mass is 10.1. The average molecular weight is 313 g/mol. The number of anilines is 1.